The summed E-state index contributed by atoms with van der Waals surface area (Å²) in [5, 5.41) is 3.73. The van der Waals surface area contributed by atoms with Gasteiger partial charge in [0.1, 0.15) is 0 Å². The standard InChI is InChI=1S/C21H25ClN2O2/c1-15(2)20(16-3-5-17(22)6-4-16)21(25)23-18-7-9-19(10-8-18)24-11-13-26-14-12-24/h3-10,15,20H,11-14H2,1-2H3,(H,23,25)/t20-/m1/s1. The van der Waals surface area contributed by atoms with E-state index in [4.69, 9.17) is 16.3 Å². The van der Waals surface area contributed by atoms with E-state index >= 15 is 0 Å². The fraction of sp³-hybridized carbons (Fsp3) is 0.381. The van der Waals surface area contributed by atoms with E-state index in [1.54, 1.807) is 0 Å². The zero-order valence-corrected chi connectivity index (χ0v) is 16.0. The highest BCUT2D eigenvalue weighted by molar-refractivity contribution is 6.30. The summed E-state index contributed by atoms with van der Waals surface area (Å²) >= 11 is 5.97. The molecule has 1 N–H and O–H groups in total. The van der Waals surface area contributed by atoms with Gasteiger partial charge in [0, 0.05) is 29.5 Å². The minimum atomic E-state index is -0.216. The van der Waals surface area contributed by atoms with Crippen LogP contribution >= 0.6 is 11.6 Å². The first-order valence-corrected chi connectivity index (χ1v) is 9.41. The van der Waals surface area contributed by atoms with Gasteiger partial charge in [-0.2, -0.15) is 0 Å². The first-order chi connectivity index (χ1) is 12.5. The minimum Gasteiger partial charge on any atom is -0.378 e. The van der Waals surface area contributed by atoms with Crippen LogP contribution in [0.2, 0.25) is 5.02 Å². The van der Waals surface area contributed by atoms with Crippen molar-refractivity contribution in [3.05, 3.63) is 59.1 Å². The molecule has 0 spiro atoms. The third-order valence-corrected chi connectivity index (χ3v) is 4.94. The number of halogens is 1. The van der Waals surface area contributed by atoms with E-state index in [0.717, 1.165) is 43.2 Å². The molecule has 3 rings (SSSR count). The maximum absolute atomic E-state index is 12.9. The first-order valence-electron chi connectivity index (χ1n) is 9.03. The number of rotatable bonds is 5. The molecule has 0 unspecified atom stereocenters. The summed E-state index contributed by atoms with van der Waals surface area (Å²) < 4.78 is 5.39. The van der Waals surface area contributed by atoms with Crippen LogP contribution < -0.4 is 10.2 Å². The van der Waals surface area contributed by atoms with Crippen molar-refractivity contribution in [3.8, 4) is 0 Å². The second-order valence-corrected chi connectivity index (χ2v) is 7.35. The molecule has 0 bridgehead atoms. The molecule has 1 fully saturated rings. The van der Waals surface area contributed by atoms with Gasteiger partial charge in [0.05, 0.1) is 19.1 Å². The molecule has 1 amide bonds. The lowest BCUT2D eigenvalue weighted by Crippen LogP contribution is -2.36. The Morgan fingerprint density at radius 3 is 2.23 bits per heavy atom. The Bertz CT molecular complexity index is 723. The molecule has 0 aliphatic carbocycles. The molecule has 4 nitrogen and oxygen atoms in total. The lowest BCUT2D eigenvalue weighted by molar-refractivity contribution is -0.118. The molecule has 2 aromatic rings. The second-order valence-electron chi connectivity index (χ2n) is 6.91. The fourth-order valence-electron chi connectivity index (χ4n) is 3.31. The van der Waals surface area contributed by atoms with E-state index in [1.165, 1.54) is 0 Å². The second kappa shape index (κ2) is 8.56. The highest BCUT2D eigenvalue weighted by Gasteiger charge is 2.24. The monoisotopic (exact) mass is 372 g/mol. The lowest BCUT2D eigenvalue weighted by atomic mass is 9.87. The minimum absolute atomic E-state index is 0.00134. The van der Waals surface area contributed by atoms with Crippen molar-refractivity contribution in [2.75, 3.05) is 36.5 Å². The molecule has 0 saturated carbocycles. The number of anilines is 2. The number of morpholine rings is 1. The molecule has 1 saturated heterocycles. The molecule has 1 aliphatic heterocycles. The van der Waals surface area contributed by atoms with E-state index in [2.05, 4.69) is 24.1 Å². The molecule has 0 radical (unpaired) electrons. The van der Waals surface area contributed by atoms with Gasteiger partial charge in [-0.1, -0.05) is 37.6 Å². The number of benzene rings is 2. The molecule has 1 heterocycles. The average Bonchev–Trinajstić information content (AvgIpc) is 2.64. The summed E-state index contributed by atoms with van der Waals surface area (Å²) in [5.41, 5.74) is 2.95. The Kier molecular flexibility index (Phi) is 6.17. The smallest absolute Gasteiger partial charge is 0.232 e. The predicted octanol–water partition coefficient (Wildman–Crippen LogP) is 4.55. The Morgan fingerprint density at radius 1 is 1.04 bits per heavy atom. The van der Waals surface area contributed by atoms with Crippen LogP contribution in [0.15, 0.2) is 48.5 Å². The summed E-state index contributed by atoms with van der Waals surface area (Å²) in [6, 6.07) is 15.5. The third-order valence-electron chi connectivity index (χ3n) is 4.69. The number of carbonyl (C=O) groups excluding carboxylic acids is 1. The summed E-state index contributed by atoms with van der Waals surface area (Å²) in [7, 11) is 0. The molecule has 5 heteroatoms. The molecule has 2 aromatic carbocycles. The average molecular weight is 373 g/mol. The van der Waals surface area contributed by atoms with Crippen molar-refractivity contribution in [1.82, 2.24) is 0 Å². The maximum Gasteiger partial charge on any atom is 0.232 e. The molecule has 26 heavy (non-hydrogen) atoms. The summed E-state index contributed by atoms with van der Waals surface area (Å²) in [4.78, 5) is 15.1. The van der Waals surface area contributed by atoms with Crippen molar-refractivity contribution < 1.29 is 9.53 Å². The van der Waals surface area contributed by atoms with Crippen LogP contribution in [-0.2, 0) is 9.53 Å². The van der Waals surface area contributed by atoms with Crippen LogP contribution in [0.4, 0.5) is 11.4 Å². The molecule has 1 atom stereocenters. The summed E-state index contributed by atoms with van der Waals surface area (Å²) in [6.07, 6.45) is 0. The lowest BCUT2D eigenvalue weighted by Gasteiger charge is -2.29. The van der Waals surface area contributed by atoms with Crippen LogP contribution in [0, 0.1) is 5.92 Å². The van der Waals surface area contributed by atoms with E-state index in [9.17, 15) is 4.79 Å². The van der Waals surface area contributed by atoms with Gasteiger partial charge in [0.15, 0.2) is 0 Å². The highest BCUT2D eigenvalue weighted by atomic mass is 35.5. The van der Waals surface area contributed by atoms with Gasteiger partial charge in [-0.05, 0) is 47.9 Å². The van der Waals surface area contributed by atoms with Gasteiger partial charge in [0.2, 0.25) is 5.91 Å². The largest absolute Gasteiger partial charge is 0.378 e. The van der Waals surface area contributed by atoms with Crippen molar-refractivity contribution in [2.45, 2.75) is 19.8 Å². The zero-order chi connectivity index (χ0) is 18.5. The van der Waals surface area contributed by atoms with Gasteiger partial charge in [-0.15, -0.1) is 0 Å². The van der Waals surface area contributed by atoms with E-state index in [0.29, 0.717) is 5.02 Å². The van der Waals surface area contributed by atoms with Gasteiger partial charge in [-0.25, -0.2) is 0 Å². The van der Waals surface area contributed by atoms with Crippen LogP contribution in [0.1, 0.15) is 25.3 Å². The van der Waals surface area contributed by atoms with Gasteiger partial charge < -0.3 is 15.0 Å². The summed E-state index contributed by atoms with van der Waals surface area (Å²) in [6.45, 7) is 7.43. The van der Waals surface area contributed by atoms with Gasteiger partial charge >= 0.3 is 0 Å². The van der Waals surface area contributed by atoms with Crippen LogP contribution in [0.3, 0.4) is 0 Å². The Balaban J connectivity index is 1.69. The van der Waals surface area contributed by atoms with E-state index in [-0.39, 0.29) is 17.7 Å². The van der Waals surface area contributed by atoms with E-state index in [1.807, 2.05) is 48.5 Å². The number of nitrogens with one attached hydrogen (secondary N) is 1. The summed E-state index contributed by atoms with van der Waals surface area (Å²) in [5.74, 6) is -0.0311. The highest BCUT2D eigenvalue weighted by Crippen LogP contribution is 2.28. The van der Waals surface area contributed by atoms with Crippen molar-refractivity contribution in [2.24, 2.45) is 5.92 Å². The SMILES string of the molecule is CC(C)[C@@H](C(=O)Nc1ccc(N2CCOCC2)cc1)c1ccc(Cl)cc1. The Hall–Kier alpha value is -2.04. The van der Waals surface area contributed by atoms with Crippen molar-refractivity contribution in [1.29, 1.82) is 0 Å². The third kappa shape index (κ3) is 4.57. The Morgan fingerprint density at radius 2 is 1.65 bits per heavy atom. The predicted molar refractivity (Wildman–Crippen MR) is 107 cm³/mol. The number of ether oxygens (including phenoxy) is 1. The van der Waals surface area contributed by atoms with Crippen LogP contribution in [-0.4, -0.2) is 32.2 Å². The molecule has 0 aromatic heterocycles. The van der Waals surface area contributed by atoms with Gasteiger partial charge in [0.25, 0.3) is 0 Å². The molecule has 1 aliphatic rings. The first kappa shape index (κ1) is 18.7. The van der Waals surface area contributed by atoms with E-state index < -0.39 is 0 Å². The number of hydrogen-bond acceptors (Lipinski definition) is 3. The zero-order valence-electron chi connectivity index (χ0n) is 15.2. The molecular formula is C21H25ClN2O2. The van der Waals surface area contributed by atoms with Crippen LogP contribution in [0.25, 0.3) is 0 Å². The topological polar surface area (TPSA) is 41.6 Å². The molecular weight excluding hydrogens is 348 g/mol. The number of hydrogen-bond donors (Lipinski definition) is 1. The fourth-order valence-corrected chi connectivity index (χ4v) is 3.43. The Labute approximate surface area is 160 Å². The van der Waals surface area contributed by atoms with Gasteiger partial charge in [-0.3, -0.25) is 4.79 Å². The maximum atomic E-state index is 12.9. The number of amides is 1. The molecule has 138 valence electrons. The van der Waals surface area contributed by atoms with Crippen molar-refractivity contribution in [3.63, 3.8) is 0 Å². The van der Waals surface area contributed by atoms with Crippen LogP contribution in [0.5, 0.6) is 0 Å². The normalized spacial score (nSPS) is 15.8. The quantitative estimate of drug-likeness (QED) is 0.836. The number of carbonyl (C=O) groups is 1. The van der Waals surface area contributed by atoms with Crippen molar-refractivity contribution >= 4 is 28.9 Å². The number of nitrogens with zero attached hydrogens (tertiary/aromatic N) is 1.